The molecule has 122 valence electrons. The maximum atomic E-state index is 12.7. The molecule has 0 saturated heterocycles. The minimum Gasteiger partial charge on any atom is -0.278 e. The number of imide groups is 1. The summed E-state index contributed by atoms with van der Waals surface area (Å²) < 4.78 is 0. The molecule has 1 unspecified atom stereocenters. The molecule has 0 N–H and O–H groups in total. The van der Waals surface area contributed by atoms with Gasteiger partial charge in [0, 0.05) is 5.92 Å². The van der Waals surface area contributed by atoms with E-state index in [-0.39, 0.29) is 11.8 Å². The lowest BCUT2D eigenvalue weighted by Crippen LogP contribution is -2.35. The molecule has 3 heteroatoms. The number of benzene rings is 1. The molecule has 0 aromatic heterocycles. The standard InChI is InChI=1S/C19H29NO2/c1-5-8-9-10-16(6-2)19(22)20(14-21)18-12-11-15(4)13-17(18)7-3/h11-14,16H,5-10H2,1-4H3. The Morgan fingerprint density at radius 1 is 1.23 bits per heavy atom. The van der Waals surface area contributed by atoms with Crippen LogP contribution in [0, 0.1) is 12.8 Å². The van der Waals surface area contributed by atoms with Crippen LogP contribution in [0.15, 0.2) is 18.2 Å². The van der Waals surface area contributed by atoms with Crippen LogP contribution < -0.4 is 4.90 Å². The number of hydrogen-bond donors (Lipinski definition) is 0. The summed E-state index contributed by atoms with van der Waals surface area (Å²) in [5.74, 6) is -0.130. The third-order valence-corrected chi connectivity index (χ3v) is 4.22. The Bertz CT molecular complexity index is 496. The Hall–Kier alpha value is -1.64. The second-order valence-corrected chi connectivity index (χ2v) is 5.90. The maximum absolute atomic E-state index is 12.7. The lowest BCUT2D eigenvalue weighted by atomic mass is 9.96. The molecule has 0 spiro atoms. The van der Waals surface area contributed by atoms with Crippen molar-refractivity contribution in [3.8, 4) is 0 Å². The molecule has 0 heterocycles. The fourth-order valence-electron chi connectivity index (χ4n) is 2.80. The Balaban J connectivity index is 2.98. The van der Waals surface area contributed by atoms with Crippen LogP contribution in [0.3, 0.4) is 0 Å². The van der Waals surface area contributed by atoms with E-state index in [4.69, 9.17) is 0 Å². The monoisotopic (exact) mass is 303 g/mol. The van der Waals surface area contributed by atoms with Crippen LogP contribution in [0.2, 0.25) is 0 Å². The first-order valence-electron chi connectivity index (χ1n) is 8.46. The van der Waals surface area contributed by atoms with E-state index in [0.717, 1.165) is 55.3 Å². The van der Waals surface area contributed by atoms with Crippen LogP contribution in [0.5, 0.6) is 0 Å². The Morgan fingerprint density at radius 3 is 2.50 bits per heavy atom. The largest absolute Gasteiger partial charge is 0.278 e. The maximum Gasteiger partial charge on any atom is 0.236 e. The average molecular weight is 303 g/mol. The van der Waals surface area contributed by atoms with Crippen molar-refractivity contribution in [2.24, 2.45) is 5.92 Å². The predicted molar refractivity (Wildman–Crippen MR) is 92.0 cm³/mol. The van der Waals surface area contributed by atoms with E-state index in [1.165, 1.54) is 4.90 Å². The van der Waals surface area contributed by atoms with E-state index in [1.54, 1.807) is 0 Å². The fraction of sp³-hybridized carbons (Fsp3) is 0.579. The van der Waals surface area contributed by atoms with Crippen LogP contribution in [-0.4, -0.2) is 12.3 Å². The van der Waals surface area contributed by atoms with E-state index in [0.29, 0.717) is 6.41 Å². The number of carbonyl (C=O) groups is 2. The van der Waals surface area contributed by atoms with Gasteiger partial charge in [-0.2, -0.15) is 0 Å². The first-order chi connectivity index (χ1) is 10.6. The first-order valence-corrected chi connectivity index (χ1v) is 8.46. The topological polar surface area (TPSA) is 37.4 Å². The lowest BCUT2D eigenvalue weighted by Gasteiger charge is -2.24. The molecule has 0 bridgehead atoms. The number of carbonyl (C=O) groups excluding carboxylic acids is 2. The Kier molecular flexibility index (Phi) is 7.86. The predicted octanol–water partition coefficient (Wildman–Crippen LogP) is 4.65. The quantitative estimate of drug-likeness (QED) is 0.492. The van der Waals surface area contributed by atoms with Gasteiger partial charge in [0.15, 0.2) is 0 Å². The van der Waals surface area contributed by atoms with Crippen molar-refractivity contribution in [2.75, 3.05) is 4.90 Å². The molecule has 1 aromatic rings. The van der Waals surface area contributed by atoms with Gasteiger partial charge in [0.2, 0.25) is 12.3 Å². The number of rotatable bonds is 9. The van der Waals surface area contributed by atoms with Gasteiger partial charge >= 0.3 is 0 Å². The summed E-state index contributed by atoms with van der Waals surface area (Å²) in [5, 5.41) is 0. The average Bonchev–Trinajstić information content (AvgIpc) is 2.53. The number of hydrogen-bond acceptors (Lipinski definition) is 2. The normalized spacial score (nSPS) is 12.0. The second kappa shape index (κ2) is 9.39. The van der Waals surface area contributed by atoms with Gasteiger partial charge in [-0.3, -0.25) is 14.5 Å². The van der Waals surface area contributed by atoms with Gasteiger partial charge in [-0.1, -0.05) is 57.7 Å². The summed E-state index contributed by atoms with van der Waals surface area (Å²) in [4.78, 5) is 25.6. The molecule has 1 atom stereocenters. The lowest BCUT2D eigenvalue weighted by molar-refractivity contribution is -0.125. The van der Waals surface area contributed by atoms with Gasteiger partial charge in [0.25, 0.3) is 0 Å². The van der Waals surface area contributed by atoms with E-state index >= 15 is 0 Å². The highest BCUT2D eigenvalue weighted by Gasteiger charge is 2.24. The molecular formula is C19H29NO2. The van der Waals surface area contributed by atoms with Crippen molar-refractivity contribution in [2.45, 2.75) is 66.2 Å². The zero-order valence-electron chi connectivity index (χ0n) is 14.4. The zero-order valence-corrected chi connectivity index (χ0v) is 14.4. The summed E-state index contributed by atoms with van der Waals surface area (Å²) in [5.41, 5.74) is 2.93. The molecule has 3 nitrogen and oxygen atoms in total. The molecule has 2 amide bonds. The summed E-state index contributed by atoms with van der Waals surface area (Å²) in [6.07, 6.45) is 6.44. The van der Waals surface area contributed by atoms with E-state index in [9.17, 15) is 9.59 Å². The van der Waals surface area contributed by atoms with Gasteiger partial charge in [-0.25, -0.2) is 0 Å². The van der Waals surface area contributed by atoms with Crippen molar-refractivity contribution >= 4 is 18.0 Å². The molecule has 0 fully saturated rings. The minimum atomic E-state index is -0.0669. The molecule has 22 heavy (non-hydrogen) atoms. The molecule has 1 rings (SSSR count). The molecule has 0 aliphatic rings. The van der Waals surface area contributed by atoms with Gasteiger partial charge in [0.05, 0.1) is 5.69 Å². The van der Waals surface area contributed by atoms with Crippen molar-refractivity contribution in [1.29, 1.82) is 0 Å². The number of unbranched alkanes of at least 4 members (excludes halogenated alkanes) is 2. The first kappa shape index (κ1) is 18.4. The number of aryl methyl sites for hydroxylation is 2. The van der Waals surface area contributed by atoms with Crippen LogP contribution in [-0.2, 0) is 16.0 Å². The van der Waals surface area contributed by atoms with Gasteiger partial charge in [-0.15, -0.1) is 0 Å². The van der Waals surface area contributed by atoms with Gasteiger partial charge in [-0.05, 0) is 37.8 Å². The molecule has 0 radical (unpaired) electrons. The van der Waals surface area contributed by atoms with Crippen LogP contribution in [0.4, 0.5) is 5.69 Å². The van der Waals surface area contributed by atoms with Crippen molar-refractivity contribution in [3.05, 3.63) is 29.3 Å². The number of amides is 2. The van der Waals surface area contributed by atoms with E-state index in [2.05, 4.69) is 13.0 Å². The molecular weight excluding hydrogens is 274 g/mol. The Morgan fingerprint density at radius 2 is 1.95 bits per heavy atom. The Labute approximate surface area is 134 Å². The van der Waals surface area contributed by atoms with Crippen molar-refractivity contribution < 1.29 is 9.59 Å². The zero-order chi connectivity index (χ0) is 16.5. The highest BCUT2D eigenvalue weighted by molar-refractivity contribution is 6.08. The summed E-state index contributed by atoms with van der Waals surface area (Å²) in [7, 11) is 0. The highest BCUT2D eigenvalue weighted by Crippen LogP contribution is 2.25. The third-order valence-electron chi connectivity index (χ3n) is 4.22. The van der Waals surface area contributed by atoms with Crippen molar-refractivity contribution in [3.63, 3.8) is 0 Å². The fourth-order valence-corrected chi connectivity index (χ4v) is 2.80. The van der Waals surface area contributed by atoms with Crippen molar-refractivity contribution in [1.82, 2.24) is 0 Å². The highest BCUT2D eigenvalue weighted by atomic mass is 16.2. The number of nitrogens with zero attached hydrogens (tertiary/aromatic N) is 1. The van der Waals surface area contributed by atoms with Crippen LogP contribution in [0.25, 0.3) is 0 Å². The molecule has 1 aromatic carbocycles. The van der Waals surface area contributed by atoms with E-state index in [1.807, 2.05) is 32.9 Å². The smallest absolute Gasteiger partial charge is 0.236 e. The van der Waals surface area contributed by atoms with Crippen LogP contribution >= 0.6 is 0 Å². The van der Waals surface area contributed by atoms with E-state index < -0.39 is 0 Å². The SMILES string of the molecule is CCCCCC(CC)C(=O)N(C=O)c1ccc(C)cc1CC. The van der Waals surface area contributed by atoms with Gasteiger partial charge < -0.3 is 0 Å². The second-order valence-electron chi connectivity index (χ2n) is 5.90. The summed E-state index contributed by atoms with van der Waals surface area (Å²) in [6, 6.07) is 5.90. The summed E-state index contributed by atoms with van der Waals surface area (Å²) >= 11 is 0. The van der Waals surface area contributed by atoms with Gasteiger partial charge in [0.1, 0.15) is 0 Å². The molecule has 0 aliphatic carbocycles. The van der Waals surface area contributed by atoms with Crippen LogP contribution in [0.1, 0.15) is 64.0 Å². The molecule has 0 aliphatic heterocycles. The summed E-state index contributed by atoms with van der Waals surface area (Å²) in [6.45, 7) is 8.24. The minimum absolute atomic E-state index is 0.0628. The molecule has 0 saturated carbocycles. The number of anilines is 1. The third kappa shape index (κ3) is 4.69.